The van der Waals surface area contributed by atoms with Crippen LogP contribution in [0.25, 0.3) is 5.69 Å². The zero-order valence-electron chi connectivity index (χ0n) is 18.3. The SMILES string of the molecule is Cc1cn(-c2ccc3n(c2=O)CCN(CC24C[C@H]2COc2ccc(C(F)(F)F)cc24)C3=O)cn1. The van der Waals surface area contributed by atoms with Crippen molar-refractivity contribution in [3.63, 3.8) is 0 Å². The Morgan fingerprint density at radius 3 is 2.74 bits per heavy atom. The van der Waals surface area contributed by atoms with Crippen LogP contribution in [0, 0.1) is 12.8 Å². The summed E-state index contributed by atoms with van der Waals surface area (Å²) in [5.41, 5.74) is 0.420. The lowest BCUT2D eigenvalue weighted by atomic mass is 9.88. The predicted molar refractivity (Wildman–Crippen MR) is 115 cm³/mol. The van der Waals surface area contributed by atoms with E-state index in [4.69, 9.17) is 4.74 Å². The molecule has 2 atom stereocenters. The molecule has 1 saturated carbocycles. The number of aromatic nitrogens is 3. The molecule has 0 spiro atoms. The van der Waals surface area contributed by atoms with Gasteiger partial charge in [-0.05, 0) is 43.7 Å². The number of amides is 1. The van der Waals surface area contributed by atoms with Gasteiger partial charge < -0.3 is 18.8 Å². The lowest BCUT2D eigenvalue weighted by Gasteiger charge is -2.35. The number of hydrogen-bond donors (Lipinski definition) is 0. The summed E-state index contributed by atoms with van der Waals surface area (Å²) in [5, 5.41) is 0. The molecule has 176 valence electrons. The van der Waals surface area contributed by atoms with Gasteiger partial charge in [0, 0.05) is 42.7 Å². The second kappa shape index (κ2) is 6.97. The van der Waals surface area contributed by atoms with E-state index < -0.39 is 17.2 Å². The van der Waals surface area contributed by atoms with E-state index in [0.717, 1.165) is 11.8 Å². The fourth-order valence-electron chi connectivity index (χ4n) is 5.32. The minimum absolute atomic E-state index is 0.0623. The van der Waals surface area contributed by atoms with Crippen molar-refractivity contribution in [3.8, 4) is 11.4 Å². The van der Waals surface area contributed by atoms with Crippen molar-refractivity contribution in [3.05, 3.63) is 75.7 Å². The molecule has 3 aliphatic rings. The van der Waals surface area contributed by atoms with Crippen LogP contribution in [0.4, 0.5) is 13.2 Å². The first-order valence-corrected chi connectivity index (χ1v) is 11.1. The third-order valence-corrected chi connectivity index (χ3v) is 7.23. The molecule has 2 aliphatic heterocycles. The number of alkyl halides is 3. The van der Waals surface area contributed by atoms with Crippen LogP contribution in [-0.2, 0) is 18.1 Å². The Kier molecular flexibility index (Phi) is 4.31. The average Bonchev–Trinajstić information content (AvgIpc) is 3.37. The third-order valence-electron chi connectivity index (χ3n) is 7.23. The van der Waals surface area contributed by atoms with E-state index in [1.54, 1.807) is 34.1 Å². The van der Waals surface area contributed by atoms with Gasteiger partial charge in [0.2, 0.25) is 0 Å². The third kappa shape index (κ3) is 3.08. The zero-order valence-corrected chi connectivity index (χ0v) is 18.3. The van der Waals surface area contributed by atoms with Gasteiger partial charge in [-0.25, -0.2) is 4.98 Å². The molecule has 1 aromatic carbocycles. The van der Waals surface area contributed by atoms with Crippen LogP contribution in [0.3, 0.4) is 0 Å². The lowest BCUT2D eigenvalue weighted by Crippen LogP contribution is -2.48. The number of hydrogen-bond acceptors (Lipinski definition) is 4. The van der Waals surface area contributed by atoms with E-state index in [0.29, 0.717) is 49.7 Å². The normalized spacial score (nSPS) is 23.1. The number of aryl methyl sites for hydroxylation is 1. The molecule has 2 aromatic heterocycles. The number of halogens is 3. The van der Waals surface area contributed by atoms with Crippen molar-refractivity contribution >= 4 is 5.91 Å². The Morgan fingerprint density at radius 2 is 2.00 bits per heavy atom. The summed E-state index contributed by atoms with van der Waals surface area (Å²) in [6.45, 7) is 3.16. The molecule has 1 unspecified atom stereocenters. The second-order valence-electron chi connectivity index (χ2n) is 9.29. The number of carbonyl (C=O) groups is 1. The van der Waals surface area contributed by atoms with Crippen molar-refractivity contribution in [1.29, 1.82) is 0 Å². The van der Waals surface area contributed by atoms with Crippen LogP contribution >= 0.6 is 0 Å². The molecule has 4 heterocycles. The van der Waals surface area contributed by atoms with Gasteiger partial charge in [-0.1, -0.05) is 0 Å². The van der Waals surface area contributed by atoms with Crippen LogP contribution in [0.2, 0.25) is 0 Å². The van der Waals surface area contributed by atoms with Gasteiger partial charge >= 0.3 is 6.18 Å². The highest BCUT2D eigenvalue weighted by atomic mass is 19.4. The van der Waals surface area contributed by atoms with Crippen LogP contribution in [0.1, 0.15) is 33.7 Å². The summed E-state index contributed by atoms with van der Waals surface area (Å²) in [6, 6.07) is 6.81. The second-order valence-corrected chi connectivity index (χ2v) is 9.29. The molecule has 0 radical (unpaired) electrons. The highest BCUT2D eigenvalue weighted by molar-refractivity contribution is 5.93. The summed E-state index contributed by atoms with van der Waals surface area (Å²) < 4.78 is 48.9. The minimum atomic E-state index is -4.45. The quantitative estimate of drug-likeness (QED) is 0.590. The molecule has 6 rings (SSSR count). The first kappa shape index (κ1) is 21.0. The molecule has 0 saturated heterocycles. The van der Waals surface area contributed by atoms with Gasteiger partial charge in [-0.3, -0.25) is 9.59 Å². The maximum absolute atomic E-state index is 13.4. The van der Waals surface area contributed by atoms with E-state index in [2.05, 4.69) is 4.98 Å². The zero-order chi connectivity index (χ0) is 23.8. The van der Waals surface area contributed by atoms with Crippen LogP contribution in [0.5, 0.6) is 5.75 Å². The molecular formula is C24H21F3N4O3. The Bertz CT molecular complexity index is 1390. The van der Waals surface area contributed by atoms with Crippen LogP contribution in [-0.4, -0.2) is 44.6 Å². The number of imidazole rings is 1. The minimum Gasteiger partial charge on any atom is -0.493 e. The fraction of sp³-hybridized carbons (Fsp3) is 0.375. The fourth-order valence-corrected chi connectivity index (χ4v) is 5.32. The number of benzene rings is 1. The van der Waals surface area contributed by atoms with E-state index in [1.807, 2.05) is 6.92 Å². The van der Waals surface area contributed by atoms with Gasteiger partial charge in [-0.15, -0.1) is 0 Å². The van der Waals surface area contributed by atoms with E-state index in [1.165, 1.54) is 16.7 Å². The van der Waals surface area contributed by atoms with E-state index in [9.17, 15) is 22.8 Å². The maximum atomic E-state index is 13.4. The van der Waals surface area contributed by atoms with E-state index >= 15 is 0 Å². The Balaban J connectivity index is 1.32. The van der Waals surface area contributed by atoms with Crippen molar-refractivity contribution in [2.24, 2.45) is 5.92 Å². The summed E-state index contributed by atoms with van der Waals surface area (Å²) in [5.74, 6) is 0.215. The van der Waals surface area contributed by atoms with Crippen LogP contribution in [0.15, 0.2) is 47.7 Å². The number of rotatable bonds is 3. The van der Waals surface area contributed by atoms with Crippen molar-refractivity contribution in [2.45, 2.75) is 31.5 Å². The molecule has 3 aromatic rings. The van der Waals surface area contributed by atoms with Gasteiger partial charge in [0.15, 0.2) is 0 Å². The molecular weight excluding hydrogens is 449 g/mol. The Labute approximate surface area is 192 Å². The molecule has 7 nitrogen and oxygen atoms in total. The Morgan fingerprint density at radius 1 is 1.18 bits per heavy atom. The first-order valence-electron chi connectivity index (χ1n) is 11.1. The number of carbonyl (C=O) groups excluding carboxylic acids is 1. The lowest BCUT2D eigenvalue weighted by molar-refractivity contribution is -0.137. The highest BCUT2D eigenvalue weighted by Crippen LogP contribution is 2.60. The molecule has 1 aliphatic carbocycles. The highest BCUT2D eigenvalue weighted by Gasteiger charge is 2.60. The number of fused-ring (bicyclic) bond motifs is 4. The molecule has 0 N–H and O–H groups in total. The van der Waals surface area contributed by atoms with Crippen molar-refractivity contribution in [2.75, 3.05) is 19.7 Å². The molecule has 10 heteroatoms. The standard InChI is InChI=1S/C24H21F3N4O3/c1-14-10-30(13-28-14)18-3-4-19-21(32)29(6-7-31(19)22(18)33)12-23-9-16(23)11-34-20-5-2-15(8-17(20)23)24(25,26)27/h2-5,8,10,13,16H,6-7,9,11-12H2,1H3/t16-,23?/m0/s1. The average molecular weight is 470 g/mol. The smallest absolute Gasteiger partial charge is 0.416 e. The van der Waals surface area contributed by atoms with E-state index in [-0.39, 0.29) is 23.1 Å². The van der Waals surface area contributed by atoms with Crippen molar-refractivity contribution in [1.82, 2.24) is 19.0 Å². The predicted octanol–water partition coefficient (Wildman–Crippen LogP) is 3.17. The van der Waals surface area contributed by atoms with Gasteiger partial charge in [0.1, 0.15) is 17.1 Å². The summed E-state index contributed by atoms with van der Waals surface area (Å²) >= 11 is 0. The molecule has 0 bridgehead atoms. The molecule has 1 amide bonds. The topological polar surface area (TPSA) is 69.4 Å². The van der Waals surface area contributed by atoms with Crippen LogP contribution < -0.4 is 10.3 Å². The first-order chi connectivity index (χ1) is 16.2. The molecule has 34 heavy (non-hydrogen) atoms. The molecule has 1 fully saturated rings. The summed E-state index contributed by atoms with van der Waals surface area (Å²) in [6.07, 6.45) is -0.494. The number of ether oxygens (including phenoxy) is 1. The van der Waals surface area contributed by atoms with Gasteiger partial charge in [0.25, 0.3) is 11.5 Å². The summed E-state index contributed by atoms with van der Waals surface area (Å²) in [7, 11) is 0. The maximum Gasteiger partial charge on any atom is 0.416 e. The number of nitrogens with zero attached hydrogens (tertiary/aromatic N) is 4. The monoisotopic (exact) mass is 470 g/mol. The van der Waals surface area contributed by atoms with Gasteiger partial charge in [0.05, 0.1) is 24.2 Å². The summed E-state index contributed by atoms with van der Waals surface area (Å²) in [4.78, 5) is 32.2. The Hall–Kier alpha value is -3.56. The largest absolute Gasteiger partial charge is 0.493 e. The van der Waals surface area contributed by atoms with Crippen molar-refractivity contribution < 1.29 is 22.7 Å². The van der Waals surface area contributed by atoms with Gasteiger partial charge in [-0.2, -0.15) is 13.2 Å². The number of pyridine rings is 1.